The van der Waals surface area contributed by atoms with Gasteiger partial charge in [0.15, 0.2) is 0 Å². The maximum atomic E-state index is 13.6. The van der Waals surface area contributed by atoms with Gasteiger partial charge < -0.3 is 4.90 Å². The minimum Gasteiger partial charge on any atom is -0.337 e. The molecule has 5 rings (SSSR count). The molecule has 0 saturated carbocycles. The van der Waals surface area contributed by atoms with Crippen molar-refractivity contribution in [2.45, 2.75) is 26.4 Å². The highest BCUT2D eigenvalue weighted by Gasteiger charge is 2.27. The Labute approximate surface area is 193 Å². The molecule has 164 valence electrons. The number of fused-ring (bicyclic) bond motifs is 3. The van der Waals surface area contributed by atoms with E-state index in [9.17, 15) is 14.4 Å². The van der Waals surface area contributed by atoms with Crippen molar-refractivity contribution in [2.24, 2.45) is 0 Å². The van der Waals surface area contributed by atoms with E-state index >= 15 is 0 Å². The Morgan fingerprint density at radius 3 is 2.48 bits per heavy atom. The second kappa shape index (κ2) is 8.19. The largest absolute Gasteiger partial charge is 0.337 e. The number of para-hydroxylation sites is 1. The van der Waals surface area contributed by atoms with Crippen molar-refractivity contribution >= 4 is 27.5 Å². The lowest BCUT2D eigenvalue weighted by Crippen LogP contribution is -2.39. The third-order valence-electron chi connectivity index (χ3n) is 6.01. The van der Waals surface area contributed by atoms with Crippen molar-refractivity contribution in [1.82, 2.24) is 14.0 Å². The molecule has 0 spiro atoms. The summed E-state index contributed by atoms with van der Waals surface area (Å²) < 4.78 is 2.86. The van der Waals surface area contributed by atoms with E-state index < -0.39 is 5.69 Å². The van der Waals surface area contributed by atoms with Gasteiger partial charge in [-0.05, 0) is 41.8 Å². The van der Waals surface area contributed by atoms with Gasteiger partial charge in [0.1, 0.15) is 4.83 Å². The second-order valence-corrected chi connectivity index (χ2v) is 9.11. The Kier molecular flexibility index (Phi) is 5.19. The van der Waals surface area contributed by atoms with E-state index in [1.54, 1.807) is 52.8 Å². The summed E-state index contributed by atoms with van der Waals surface area (Å²) in [6.45, 7) is 2.80. The van der Waals surface area contributed by atoms with Crippen LogP contribution in [0.4, 0.5) is 0 Å². The van der Waals surface area contributed by atoms with E-state index in [1.165, 1.54) is 15.9 Å². The molecule has 0 atom stereocenters. The summed E-state index contributed by atoms with van der Waals surface area (Å²) in [6.07, 6.45) is 0.577. The average Bonchev–Trinajstić information content (AvgIpc) is 3.22. The van der Waals surface area contributed by atoms with Gasteiger partial charge in [0, 0.05) is 18.3 Å². The summed E-state index contributed by atoms with van der Waals surface area (Å²) in [4.78, 5) is 42.5. The number of rotatable bonds is 3. The number of nitrogens with zero attached hydrogens (tertiary/aromatic N) is 4. The molecule has 0 bridgehead atoms. The quantitative estimate of drug-likeness (QED) is 0.474. The number of carbonyl (C=O) groups is 1. The number of amides is 1. The smallest absolute Gasteiger partial charge is 0.337 e. The highest BCUT2D eigenvalue weighted by molar-refractivity contribution is 7.18. The fraction of sp³-hybridized carbons (Fsp3) is 0.200. The first-order valence-corrected chi connectivity index (χ1v) is 11.4. The standard InChI is InChI=1S/C25H20N4O3S/c1-16(30)27-12-11-20-21(15-27)33-24-22(20)23(31)29(19-5-3-2-4-6-19)25(32)28(24)14-18-9-7-17(13-26)8-10-18/h2-10H,11-12,14-15H2,1H3. The van der Waals surface area contributed by atoms with Crippen molar-refractivity contribution in [2.75, 3.05) is 6.54 Å². The molecule has 33 heavy (non-hydrogen) atoms. The minimum absolute atomic E-state index is 0.00484. The van der Waals surface area contributed by atoms with Gasteiger partial charge in [0.25, 0.3) is 5.56 Å². The molecule has 7 nitrogen and oxygen atoms in total. The van der Waals surface area contributed by atoms with Crippen LogP contribution in [-0.4, -0.2) is 26.5 Å². The number of hydrogen-bond donors (Lipinski definition) is 0. The Morgan fingerprint density at radius 1 is 1.09 bits per heavy atom. The van der Waals surface area contributed by atoms with E-state index in [-0.39, 0.29) is 18.0 Å². The molecule has 3 heterocycles. The molecule has 2 aromatic heterocycles. The summed E-state index contributed by atoms with van der Waals surface area (Å²) in [6, 6.07) is 18.1. The van der Waals surface area contributed by atoms with Crippen LogP contribution in [0.15, 0.2) is 64.2 Å². The van der Waals surface area contributed by atoms with Crippen LogP contribution in [-0.2, 0) is 24.3 Å². The maximum Gasteiger partial charge on any atom is 0.337 e. The Hall–Kier alpha value is -3.96. The number of benzene rings is 2. The van der Waals surface area contributed by atoms with Gasteiger partial charge in [-0.2, -0.15) is 5.26 Å². The molecule has 0 fully saturated rings. The Balaban J connectivity index is 1.77. The van der Waals surface area contributed by atoms with Crippen LogP contribution >= 0.6 is 11.3 Å². The van der Waals surface area contributed by atoms with E-state index in [4.69, 9.17) is 5.26 Å². The Bertz CT molecular complexity index is 1540. The highest BCUT2D eigenvalue weighted by Crippen LogP contribution is 2.33. The van der Waals surface area contributed by atoms with E-state index in [0.717, 1.165) is 16.0 Å². The minimum atomic E-state index is -0.412. The third-order valence-corrected chi connectivity index (χ3v) is 7.25. The summed E-state index contributed by atoms with van der Waals surface area (Å²) in [7, 11) is 0. The van der Waals surface area contributed by atoms with E-state index in [0.29, 0.717) is 41.0 Å². The van der Waals surface area contributed by atoms with Gasteiger partial charge in [-0.15, -0.1) is 11.3 Å². The number of nitriles is 1. The molecule has 0 aliphatic carbocycles. The van der Waals surface area contributed by atoms with Gasteiger partial charge >= 0.3 is 5.69 Å². The highest BCUT2D eigenvalue weighted by atomic mass is 32.1. The van der Waals surface area contributed by atoms with Crippen LogP contribution in [0.1, 0.15) is 28.5 Å². The van der Waals surface area contributed by atoms with Crippen LogP contribution in [0, 0.1) is 11.3 Å². The molecule has 0 N–H and O–H groups in total. The second-order valence-electron chi connectivity index (χ2n) is 8.03. The number of hydrogen-bond acceptors (Lipinski definition) is 5. The molecule has 2 aromatic carbocycles. The van der Waals surface area contributed by atoms with Crippen LogP contribution < -0.4 is 11.2 Å². The van der Waals surface area contributed by atoms with E-state index in [2.05, 4.69) is 6.07 Å². The van der Waals surface area contributed by atoms with Crippen molar-refractivity contribution in [3.63, 3.8) is 0 Å². The van der Waals surface area contributed by atoms with E-state index in [1.807, 2.05) is 18.2 Å². The number of aromatic nitrogens is 2. The third kappa shape index (κ3) is 3.56. The molecular formula is C25H20N4O3S. The summed E-state index contributed by atoms with van der Waals surface area (Å²) in [5.41, 5.74) is 2.10. The van der Waals surface area contributed by atoms with Gasteiger partial charge in [-0.1, -0.05) is 30.3 Å². The van der Waals surface area contributed by atoms with Crippen molar-refractivity contribution in [3.05, 3.63) is 97.0 Å². The molecule has 4 aromatic rings. The molecule has 0 unspecified atom stereocenters. The molecule has 0 radical (unpaired) electrons. The van der Waals surface area contributed by atoms with Crippen molar-refractivity contribution in [3.8, 4) is 11.8 Å². The lowest BCUT2D eigenvalue weighted by molar-refractivity contribution is -0.129. The summed E-state index contributed by atoms with van der Waals surface area (Å²) in [5, 5.41) is 9.63. The van der Waals surface area contributed by atoms with Gasteiger partial charge in [0.2, 0.25) is 5.91 Å². The lowest BCUT2D eigenvalue weighted by Gasteiger charge is -2.25. The van der Waals surface area contributed by atoms with Gasteiger partial charge in [-0.3, -0.25) is 14.2 Å². The zero-order valence-corrected chi connectivity index (χ0v) is 18.8. The lowest BCUT2D eigenvalue weighted by atomic mass is 10.1. The molecule has 1 aliphatic rings. The predicted molar refractivity (Wildman–Crippen MR) is 127 cm³/mol. The number of thiophene rings is 1. The summed E-state index contributed by atoms with van der Waals surface area (Å²) in [5.74, 6) is -0.00484. The fourth-order valence-corrected chi connectivity index (χ4v) is 5.63. The van der Waals surface area contributed by atoms with Gasteiger partial charge in [0.05, 0.1) is 35.8 Å². The van der Waals surface area contributed by atoms with Crippen molar-refractivity contribution < 1.29 is 4.79 Å². The monoisotopic (exact) mass is 456 g/mol. The van der Waals surface area contributed by atoms with Gasteiger partial charge in [-0.25, -0.2) is 9.36 Å². The first-order chi connectivity index (χ1) is 16.0. The zero-order valence-electron chi connectivity index (χ0n) is 17.9. The number of carbonyl (C=O) groups excluding carboxylic acids is 1. The molecule has 1 amide bonds. The maximum absolute atomic E-state index is 13.6. The SMILES string of the molecule is CC(=O)N1CCc2c(sc3c2c(=O)n(-c2ccccc2)c(=O)n3Cc2ccc(C#N)cc2)C1. The Morgan fingerprint density at radius 2 is 1.82 bits per heavy atom. The van der Waals surface area contributed by atoms with Crippen molar-refractivity contribution in [1.29, 1.82) is 5.26 Å². The molecule has 0 saturated heterocycles. The molecular weight excluding hydrogens is 436 g/mol. The predicted octanol–water partition coefficient (Wildman–Crippen LogP) is 3.04. The molecule has 1 aliphatic heterocycles. The average molecular weight is 457 g/mol. The normalized spacial score (nSPS) is 13.0. The van der Waals surface area contributed by atoms with Crippen LogP contribution in [0.5, 0.6) is 0 Å². The van der Waals surface area contributed by atoms with Crippen LogP contribution in [0.3, 0.4) is 0 Å². The van der Waals surface area contributed by atoms with Crippen LogP contribution in [0.2, 0.25) is 0 Å². The topological polar surface area (TPSA) is 88.1 Å². The zero-order chi connectivity index (χ0) is 23.1. The first-order valence-electron chi connectivity index (χ1n) is 10.6. The van der Waals surface area contributed by atoms with Crippen LogP contribution in [0.25, 0.3) is 15.9 Å². The molecule has 8 heteroatoms. The summed E-state index contributed by atoms with van der Waals surface area (Å²) >= 11 is 1.41. The first kappa shape index (κ1) is 20.9. The fourth-order valence-electron chi connectivity index (χ4n) is 4.29.